The van der Waals surface area contributed by atoms with Crippen molar-refractivity contribution in [1.29, 1.82) is 0 Å². The topological polar surface area (TPSA) is 20.3 Å². The van der Waals surface area contributed by atoms with E-state index in [4.69, 9.17) is 0 Å². The second-order valence-corrected chi connectivity index (χ2v) is 7.83. The van der Waals surface area contributed by atoms with Crippen molar-refractivity contribution in [3.63, 3.8) is 0 Å². The van der Waals surface area contributed by atoms with Gasteiger partial charge in [-0.15, -0.1) is 0 Å². The summed E-state index contributed by atoms with van der Waals surface area (Å²) in [6, 6.07) is 34.5. The number of amides is 1. The summed E-state index contributed by atoms with van der Waals surface area (Å²) in [6.45, 7) is 4.79. The van der Waals surface area contributed by atoms with E-state index in [0.29, 0.717) is 6.54 Å². The number of fused-ring (bicyclic) bond motifs is 1. The minimum absolute atomic E-state index is 0.0412. The van der Waals surface area contributed by atoms with Crippen molar-refractivity contribution in [2.24, 2.45) is 0 Å². The number of nitrogens with zero attached hydrogens (tertiary/aromatic N) is 1. The van der Waals surface area contributed by atoms with Crippen LogP contribution in [0.15, 0.2) is 103 Å². The minimum Gasteiger partial charge on any atom is -0.325 e. The molecule has 0 atom stereocenters. The Balaban J connectivity index is 1.82. The first-order valence-electron chi connectivity index (χ1n) is 9.96. The average Bonchev–Trinajstić information content (AvgIpc) is 2.78. The molecule has 4 rings (SSSR count). The fourth-order valence-corrected chi connectivity index (χ4v) is 3.85. The van der Waals surface area contributed by atoms with E-state index >= 15 is 0 Å². The van der Waals surface area contributed by atoms with Crippen LogP contribution in [-0.2, 0) is 12.1 Å². The van der Waals surface area contributed by atoms with E-state index in [1.54, 1.807) is 0 Å². The molecule has 0 saturated carbocycles. The van der Waals surface area contributed by atoms with Crippen LogP contribution in [0.3, 0.4) is 0 Å². The van der Waals surface area contributed by atoms with Crippen LogP contribution in [0.4, 0.5) is 0 Å². The van der Waals surface area contributed by atoms with Crippen molar-refractivity contribution >= 4 is 16.7 Å². The standard InChI is InChI=1S/C27H25NO/c1-27(2,23-16-7-4-8-17-23)28(20-21-12-5-3-6-13-21)26(29)25-19-11-15-22-14-9-10-18-24(22)25/h3-19H,20H2,1-2H3. The zero-order chi connectivity index (χ0) is 20.3. The first kappa shape index (κ1) is 18.9. The van der Waals surface area contributed by atoms with Gasteiger partial charge in [-0.1, -0.05) is 97.1 Å². The minimum atomic E-state index is -0.467. The van der Waals surface area contributed by atoms with Crippen molar-refractivity contribution in [2.75, 3.05) is 0 Å². The summed E-state index contributed by atoms with van der Waals surface area (Å²) in [5.41, 5.74) is 2.50. The molecular formula is C27H25NO. The molecule has 144 valence electrons. The van der Waals surface area contributed by atoms with E-state index in [1.807, 2.05) is 71.6 Å². The van der Waals surface area contributed by atoms with Crippen LogP contribution in [0, 0.1) is 0 Å². The molecule has 0 unspecified atom stereocenters. The molecule has 0 aliphatic heterocycles. The third kappa shape index (κ3) is 3.79. The molecule has 1 amide bonds. The maximum absolute atomic E-state index is 13.9. The molecule has 2 heteroatoms. The van der Waals surface area contributed by atoms with Crippen molar-refractivity contribution in [2.45, 2.75) is 25.9 Å². The predicted molar refractivity (Wildman–Crippen MR) is 120 cm³/mol. The van der Waals surface area contributed by atoms with Gasteiger partial charge in [-0.2, -0.15) is 0 Å². The number of benzene rings is 4. The maximum atomic E-state index is 13.9. The second-order valence-electron chi connectivity index (χ2n) is 7.83. The van der Waals surface area contributed by atoms with Crippen LogP contribution in [0.1, 0.15) is 35.3 Å². The monoisotopic (exact) mass is 379 g/mol. The summed E-state index contributed by atoms with van der Waals surface area (Å²) in [6.07, 6.45) is 0. The van der Waals surface area contributed by atoms with E-state index < -0.39 is 5.54 Å². The molecule has 0 aliphatic rings. The van der Waals surface area contributed by atoms with Crippen LogP contribution in [0.25, 0.3) is 10.8 Å². The van der Waals surface area contributed by atoms with Gasteiger partial charge in [-0.05, 0) is 41.8 Å². The van der Waals surface area contributed by atoms with Gasteiger partial charge in [0.2, 0.25) is 0 Å². The first-order valence-corrected chi connectivity index (χ1v) is 9.96. The lowest BCUT2D eigenvalue weighted by molar-refractivity contribution is 0.0516. The Morgan fingerprint density at radius 3 is 2.03 bits per heavy atom. The van der Waals surface area contributed by atoms with Crippen LogP contribution in [-0.4, -0.2) is 10.8 Å². The fraction of sp³-hybridized carbons (Fsp3) is 0.148. The normalized spacial score (nSPS) is 11.4. The number of rotatable bonds is 5. The quantitative estimate of drug-likeness (QED) is 0.392. The van der Waals surface area contributed by atoms with Gasteiger partial charge in [0, 0.05) is 12.1 Å². The van der Waals surface area contributed by atoms with E-state index in [2.05, 4.69) is 50.2 Å². The molecule has 0 N–H and O–H groups in total. The molecule has 4 aromatic rings. The Hall–Kier alpha value is -3.39. The van der Waals surface area contributed by atoms with Gasteiger partial charge in [0.25, 0.3) is 5.91 Å². The van der Waals surface area contributed by atoms with E-state index in [-0.39, 0.29) is 5.91 Å². The smallest absolute Gasteiger partial charge is 0.255 e. The molecule has 0 aromatic heterocycles. The highest BCUT2D eigenvalue weighted by Gasteiger charge is 2.33. The molecule has 0 spiro atoms. The molecular weight excluding hydrogens is 354 g/mol. The van der Waals surface area contributed by atoms with Gasteiger partial charge in [-0.25, -0.2) is 0 Å². The molecule has 0 saturated heterocycles. The Bertz CT molecular complexity index is 1110. The highest BCUT2D eigenvalue weighted by atomic mass is 16.2. The van der Waals surface area contributed by atoms with Gasteiger partial charge < -0.3 is 4.90 Å². The maximum Gasteiger partial charge on any atom is 0.255 e. The van der Waals surface area contributed by atoms with Crippen molar-refractivity contribution in [1.82, 2.24) is 4.90 Å². The van der Waals surface area contributed by atoms with Crippen LogP contribution in [0.2, 0.25) is 0 Å². The third-order valence-electron chi connectivity index (χ3n) is 5.60. The Morgan fingerprint density at radius 2 is 1.31 bits per heavy atom. The molecule has 0 heterocycles. The van der Waals surface area contributed by atoms with Gasteiger partial charge in [0.15, 0.2) is 0 Å². The molecule has 0 bridgehead atoms. The third-order valence-corrected chi connectivity index (χ3v) is 5.60. The van der Waals surface area contributed by atoms with Gasteiger partial charge in [0.05, 0.1) is 5.54 Å². The summed E-state index contributed by atoms with van der Waals surface area (Å²) in [5, 5.41) is 2.07. The zero-order valence-electron chi connectivity index (χ0n) is 16.9. The summed E-state index contributed by atoms with van der Waals surface area (Å²) < 4.78 is 0. The fourth-order valence-electron chi connectivity index (χ4n) is 3.85. The summed E-state index contributed by atoms with van der Waals surface area (Å²) in [7, 11) is 0. The summed E-state index contributed by atoms with van der Waals surface area (Å²) in [4.78, 5) is 15.9. The van der Waals surface area contributed by atoms with Crippen molar-refractivity contribution < 1.29 is 4.79 Å². The highest BCUT2D eigenvalue weighted by Crippen LogP contribution is 2.32. The zero-order valence-corrected chi connectivity index (χ0v) is 16.9. The van der Waals surface area contributed by atoms with Crippen molar-refractivity contribution in [3.05, 3.63) is 120 Å². The van der Waals surface area contributed by atoms with Gasteiger partial charge in [0.1, 0.15) is 0 Å². The van der Waals surface area contributed by atoms with Gasteiger partial charge in [-0.3, -0.25) is 4.79 Å². The van der Waals surface area contributed by atoms with E-state index in [0.717, 1.165) is 27.5 Å². The highest BCUT2D eigenvalue weighted by molar-refractivity contribution is 6.07. The lowest BCUT2D eigenvalue weighted by Crippen LogP contribution is -2.45. The Kier molecular flexibility index (Phi) is 5.18. The lowest BCUT2D eigenvalue weighted by atomic mass is 9.90. The molecule has 0 radical (unpaired) electrons. The van der Waals surface area contributed by atoms with Crippen LogP contribution >= 0.6 is 0 Å². The largest absolute Gasteiger partial charge is 0.325 e. The predicted octanol–water partition coefficient (Wildman–Crippen LogP) is 6.42. The number of hydrogen-bond acceptors (Lipinski definition) is 1. The first-order chi connectivity index (χ1) is 14.1. The Labute approximate surface area is 172 Å². The molecule has 4 aromatic carbocycles. The average molecular weight is 380 g/mol. The number of carbonyl (C=O) groups is 1. The van der Waals surface area contributed by atoms with E-state index in [1.165, 1.54) is 0 Å². The van der Waals surface area contributed by atoms with Crippen molar-refractivity contribution in [3.8, 4) is 0 Å². The molecule has 29 heavy (non-hydrogen) atoms. The lowest BCUT2D eigenvalue weighted by Gasteiger charge is -2.39. The molecule has 0 aliphatic carbocycles. The summed E-state index contributed by atoms with van der Waals surface area (Å²) >= 11 is 0. The van der Waals surface area contributed by atoms with E-state index in [9.17, 15) is 4.79 Å². The summed E-state index contributed by atoms with van der Waals surface area (Å²) in [5.74, 6) is 0.0412. The second kappa shape index (κ2) is 7.92. The Morgan fingerprint density at radius 1 is 0.724 bits per heavy atom. The van der Waals surface area contributed by atoms with Gasteiger partial charge >= 0.3 is 0 Å². The van der Waals surface area contributed by atoms with Crippen LogP contribution in [0.5, 0.6) is 0 Å². The number of carbonyl (C=O) groups excluding carboxylic acids is 1. The molecule has 0 fully saturated rings. The SMILES string of the molecule is CC(C)(c1ccccc1)N(Cc1ccccc1)C(=O)c1cccc2ccccc12. The molecule has 2 nitrogen and oxygen atoms in total. The number of hydrogen-bond donors (Lipinski definition) is 0. The van der Waals surface area contributed by atoms with Crippen LogP contribution < -0.4 is 0 Å².